The van der Waals surface area contributed by atoms with Crippen LogP contribution in [0.4, 0.5) is 0 Å². The van der Waals surface area contributed by atoms with Crippen LogP contribution in [0.3, 0.4) is 0 Å². The van der Waals surface area contributed by atoms with E-state index in [0.29, 0.717) is 16.1 Å². The summed E-state index contributed by atoms with van der Waals surface area (Å²) in [6.45, 7) is 1.76. The predicted octanol–water partition coefficient (Wildman–Crippen LogP) is 3.78. The van der Waals surface area contributed by atoms with Crippen molar-refractivity contribution in [1.29, 1.82) is 0 Å². The van der Waals surface area contributed by atoms with Crippen molar-refractivity contribution in [3.05, 3.63) is 43.2 Å². The third-order valence-corrected chi connectivity index (χ3v) is 5.98. The van der Waals surface area contributed by atoms with Crippen molar-refractivity contribution < 1.29 is 0 Å². The molecule has 0 aliphatic heterocycles. The summed E-state index contributed by atoms with van der Waals surface area (Å²) >= 11 is 3.37. The lowest BCUT2D eigenvalue weighted by molar-refractivity contribution is 0.329. The lowest BCUT2D eigenvalue weighted by Gasteiger charge is -2.24. The maximum absolute atomic E-state index is 12.9. The molecule has 1 heterocycles. The zero-order valence-electron chi connectivity index (χ0n) is 14.1. The van der Waals surface area contributed by atoms with E-state index in [1.54, 1.807) is 6.92 Å². The molecule has 0 aromatic carbocycles. The first kappa shape index (κ1) is 17.4. The highest BCUT2D eigenvalue weighted by Crippen LogP contribution is 2.26. The van der Waals surface area contributed by atoms with E-state index >= 15 is 0 Å². The van der Waals surface area contributed by atoms with Crippen molar-refractivity contribution in [2.75, 3.05) is 0 Å². The van der Waals surface area contributed by atoms with Gasteiger partial charge in [-0.05, 0) is 60.9 Å². The van der Waals surface area contributed by atoms with Gasteiger partial charge in [0, 0.05) is 12.3 Å². The van der Waals surface area contributed by atoms with Gasteiger partial charge in [0.25, 0.3) is 5.56 Å². The Kier molecular flexibility index (Phi) is 5.54. The first-order chi connectivity index (χ1) is 11.6. The molecular formula is C18H24BrN3O2. The van der Waals surface area contributed by atoms with Crippen LogP contribution in [0.25, 0.3) is 0 Å². The lowest BCUT2D eigenvalue weighted by Crippen LogP contribution is -2.43. The Morgan fingerprint density at radius 2 is 1.92 bits per heavy atom. The number of hydrogen-bond acceptors (Lipinski definition) is 3. The molecule has 2 aliphatic rings. The smallest absolute Gasteiger partial charge is 0.268 e. The Hall–Kier alpha value is -1.43. The molecule has 130 valence electrons. The highest BCUT2D eigenvalue weighted by atomic mass is 79.9. The second kappa shape index (κ2) is 7.64. The van der Waals surface area contributed by atoms with Crippen LogP contribution in [0.1, 0.15) is 63.1 Å². The number of rotatable bonds is 3. The zero-order chi connectivity index (χ0) is 17.1. The highest BCUT2D eigenvalue weighted by molar-refractivity contribution is 9.10. The summed E-state index contributed by atoms with van der Waals surface area (Å²) < 4.78 is 3.24. The van der Waals surface area contributed by atoms with Crippen LogP contribution in [0.5, 0.6) is 0 Å². The lowest BCUT2D eigenvalue weighted by atomic mass is 9.95. The topological polar surface area (TPSA) is 56.4 Å². The fourth-order valence-electron chi connectivity index (χ4n) is 3.60. The molecule has 0 N–H and O–H groups in total. The number of nitrogens with zero attached hydrogens (tertiary/aromatic N) is 3. The minimum atomic E-state index is -0.310. The van der Waals surface area contributed by atoms with Gasteiger partial charge in [0.2, 0.25) is 0 Å². The van der Waals surface area contributed by atoms with Gasteiger partial charge in [-0.25, -0.2) is 4.79 Å². The minimum Gasteiger partial charge on any atom is -0.268 e. The minimum absolute atomic E-state index is 0.00489. The van der Waals surface area contributed by atoms with E-state index < -0.39 is 0 Å². The SMILES string of the molecule is Cc1c(Br)c(=O)n(C2CCCCC2)c(=O)n1N=CC1CC=CCC1. The summed E-state index contributed by atoms with van der Waals surface area (Å²) in [5.74, 6) is 0.357. The molecule has 1 fully saturated rings. The van der Waals surface area contributed by atoms with E-state index in [1.807, 2.05) is 6.21 Å². The quantitative estimate of drug-likeness (QED) is 0.579. The Morgan fingerprint density at radius 3 is 2.58 bits per heavy atom. The largest absolute Gasteiger partial charge is 0.352 e. The Balaban J connectivity index is 2.00. The summed E-state index contributed by atoms with van der Waals surface area (Å²) in [6.07, 6.45) is 14.4. The van der Waals surface area contributed by atoms with E-state index in [2.05, 4.69) is 33.2 Å². The van der Waals surface area contributed by atoms with E-state index in [4.69, 9.17) is 0 Å². The van der Waals surface area contributed by atoms with E-state index in [9.17, 15) is 9.59 Å². The molecule has 0 saturated heterocycles. The normalized spacial score (nSPS) is 22.3. The Bertz CT molecular complexity index is 770. The van der Waals surface area contributed by atoms with Crippen molar-refractivity contribution in [2.24, 2.45) is 11.0 Å². The molecule has 1 saturated carbocycles. The molecule has 2 aliphatic carbocycles. The molecule has 0 bridgehead atoms. The average molecular weight is 394 g/mol. The molecule has 5 nitrogen and oxygen atoms in total. The van der Waals surface area contributed by atoms with E-state index in [1.165, 1.54) is 15.7 Å². The fraction of sp³-hybridized carbons (Fsp3) is 0.611. The van der Waals surface area contributed by atoms with Crippen molar-refractivity contribution in [3.63, 3.8) is 0 Å². The molecule has 1 aromatic heterocycles. The van der Waals surface area contributed by atoms with Gasteiger partial charge >= 0.3 is 5.69 Å². The number of halogens is 1. The second-order valence-corrected chi connectivity index (χ2v) is 7.56. The molecule has 0 radical (unpaired) electrons. The number of allylic oxidation sites excluding steroid dienone is 2. The molecule has 6 heteroatoms. The average Bonchev–Trinajstić information content (AvgIpc) is 2.62. The summed E-state index contributed by atoms with van der Waals surface area (Å²) in [5, 5.41) is 4.44. The van der Waals surface area contributed by atoms with Crippen LogP contribution in [0.15, 0.2) is 31.3 Å². The van der Waals surface area contributed by atoms with Crippen molar-refractivity contribution >= 4 is 22.1 Å². The van der Waals surface area contributed by atoms with Gasteiger partial charge in [-0.1, -0.05) is 31.4 Å². The summed E-state index contributed by atoms with van der Waals surface area (Å²) in [6, 6.07) is -0.00489. The highest BCUT2D eigenvalue weighted by Gasteiger charge is 2.23. The van der Waals surface area contributed by atoms with Crippen LogP contribution < -0.4 is 11.2 Å². The summed E-state index contributed by atoms with van der Waals surface area (Å²) in [4.78, 5) is 25.5. The molecule has 3 rings (SSSR count). The van der Waals surface area contributed by atoms with Crippen LogP contribution in [0.2, 0.25) is 0 Å². The molecular weight excluding hydrogens is 370 g/mol. The van der Waals surface area contributed by atoms with Crippen LogP contribution in [-0.4, -0.2) is 15.5 Å². The van der Waals surface area contributed by atoms with Gasteiger partial charge in [-0.15, -0.1) is 0 Å². The second-order valence-electron chi connectivity index (χ2n) is 6.77. The third kappa shape index (κ3) is 3.48. The van der Waals surface area contributed by atoms with Crippen LogP contribution in [0, 0.1) is 12.8 Å². The summed E-state index contributed by atoms with van der Waals surface area (Å²) in [5.41, 5.74) is 0.0336. The van der Waals surface area contributed by atoms with Gasteiger partial charge in [-0.2, -0.15) is 9.78 Å². The van der Waals surface area contributed by atoms with Gasteiger partial charge in [0.15, 0.2) is 0 Å². The molecule has 1 atom stereocenters. The predicted molar refractivity (Wildman–Crippen MR) is 99.9 cm³/mol. The molecule has 0 spiro atoms. The third-order valence-electron chi connectivity index (χ3n) is 5.07. The van der Waals surface area contributed by atoms with E-state index in [0.717, 1.165) is 44.9 Å². The van der Waals surface area contributed by atoms with E-state index in [-0.39, 0.29) is 17.3 Å². The zero-order valence-corrected chi connectivity index (χ0v) is 15.7. The molecule has 24 heavy (non-hydrogen) atoms. The van der Waals surface area contributed by atoms with Crippen molar-refractivity contribution in [1.82, 2.24) is 9.24 Å². The molecule has 1 unspecified atom stereocenters. The fourth-order valence-corrected chi connectivity index (χ4v) is 3.96. The first-order valence-corrected chi connectivity index (χ1v) is 9.62. The summed E-state index contributed by atoms with van der Waals surface area (Å²) in [7, 11) is 0. The standard InChI is InChI=1S/C18H24BrN3O2/c1-13-16(19)17(23)21(15-10-6-3-7-11-15)18(24)22(13)20-12-14-8-4-2-5-9-14/h2,4,12,14-15H,3,5-11H2,1H3. The van der Waals surface area contributed by atoms with Gasteiger partial charge in [-0.3, -0.25) is 9.36 Å². The van der Waals surface area contributed by atoms with Crippen LogP contribution >= 0.6 is 15.9 Å². The first-order valence-electron chi connectivity index (χ1n) is 8.82. The number of aromatic nitrogens is 2. The van der Waals surface area contributed by atoms with Gasteiger partial charge in [0.1, 0.15) is 4.47 Å². The van der Waals surface area contributed by atoms with Crippen molar-refractivity contribution in [3.8, 4) is 0 Å². The number of hydrogen-bond donors (Lipinski definition) is 0. The van der Waals surface area contributed by atoms with Crippen LogP contribution in [-0.2, 0) is 0 Å². The maximum Gasteiger partial charge on any atom is 0.352 e. The molecule has 1 aromatic rings. The van der Waals surface area contributed by atoms with Crippen molar-refractivity contribution in [2.45, 2.75) is 64.3 Å². The Labute approximate surface area is 150 Å². The molecule has 0 amide bonds. The maximum atomic E-state index is 12.9. The monoisotopic (exact) mass is 393 g/mol. The van der Waals surface area contributed by atoms with Gasteiger partial charge in [0.05, 0.1) is 5.69 Å². The Morgan fingerprint density at radius 1 is 1.17 bits per heavy atom. The van der Waals surface area contributed by atoms with Gasteiger partial charge < -0.3 is 0 Å².